The van der Waals surface area contributed by atoms with Crippen LogP contribution in [-0.2, 0) is 0 Å². The van der Waals surface area contributed by atoms with E-state index in [2.05, 4.69) is 10.4 Å². The van der Waals surface area contributed by atoms with Crippen LogP contribution in [0.25, 0.3) is 5.69 Å². The molecule has 3 rings (SSSR count). The standard InChI is InChI=1S/C19H18FN3O2/c20-16-13-15(7-8-17(16)23-12-4-10-22-23)19(25)21-11-9-18(24)14-5-2-1-3-6-14/h1-8,10,12-13,18,24H,9,11H2,(H,21,25). The molecule has 0 saturated carbocycles. The summed E-state index contributed by atoms with van der Waals surface area (Å²) in [5, 5.41) is 16.7. The number of benzene rings is 2. The van der Waals surface area contributed by atoms with Gasteiger partial charge in [-0.25, -0.2) is 9.07 Å². The van der Waals surface area contributed by atoms with Crippen molar-refractivity contribution in [1.29, 1.82) is 0 Å². The number of carbonyl (C=O) groups is 1. The highest BCUT2D eigenvalue weighted by molar-refractivity contribution is 5.94. The molecule has 2 aromatic carbocycles. The molecule has 0 aliphatic heterocycles. The number of hydrogen-bond acceptors (Lipinski definition) is 3. The summed E-state index contributed by atoms with van der Waals surface area (Å²) in [6.45, 7) is 0.289. The third kappa shape index (κ3) is 4.10. The van der Waals surface area contributed by atoms with Crippen molar-refractivity contribution in [3.8, 4) is 5.69 Å². The number of rotatable bonds is 6. The number of amides is 1. The monoisotopic (exact) mass is 339 g/mol. The van der Waals surface area contributed by atoms with Gasteiger partial charge >= 0.3 is 0 Å². The number of halogens is 1. The lowest BCUT2D eigenvalue weighted by Gasteiger charge is -2.12. The van der Waals surface area contributed by atoms with Gasteiger partial charge in [0, 0.05) is 24.5 Å². The van der Waals surface area contributed by atoms with Gasteiger partial charge in [0.05, 0.1) is 6.10 Å². The van der Waals surface area contributed by atoms with Crippen molar-refractivity contribution in [2.75, 3.05) is 6.54 Å². The SMILES string of the molecule is O=C(NCCC(O)c1ccccc1)c1ccc(-n2cccn2)c(F)c1. The Labute approximate surface area is 144 Å². The summed E-state index contributed by atoms with van der Waals surface area (Å²) in [6, 6.07) is 15.2. The van der Waals surface area contributed by atoms with Crippen molar-refractivity contribution < 1.29 is 14.3 Å². The van der Waals surface area contributed by atoms with Crippen molar-refractivity contribution in [2.24, 2.45) is 0 Å². The van der Waals surface area contributed by atoms with Crippen LogP contribution in [-0.4, -0.2) is 27.3 Å². The summed E-state index contributed by atoms with van der Waals surface area (Å²) >= 11 is 0. The Balaban J connectivity index is 1.57. The van der Waals surface area contributed by atoms with Crippen LogP contribution in [0.2, 0.25) is 0 Å². The Hall–Kier alpha value is -2.99. The zero-order valence-corrected chi connectivity index (χ0v) is 13.5. The summed E-state index contributed by atoms with van der Waals surface area (Å²) < 4.78 is 15.6. The minimum atomic E-state index is -0.652. The molecule has 1 heterocycles. The van der Waals surface area contributed by atoms with E-state index in [-0.39, 0.29) is 23.7 Å². The average molecular weight is 339 g/mol. The molecule has 0 aliphatic carbocycles. The lowest BCUT2D eigenvalue weighted by Crippen LogP contribution is -2.25. The van der Waals surface area contributed by atoms with Crippen LogP contribution in [0.1, 0.15) is 28.4 Å². The van der Waals surface area contributed by atoms with Crippen molar-refractivity contribution in [1.82, 2.24) is 15.1 Å². The van der Waals surface area contributed by atoms with E-state index >= 15 is 0 Å². The van der Waals surface area contributed by atoms with Crippen LogP contribution >= 0.6 is 0 Å². The second-order valence-corrected chi connectivity index (χ2v) is 5.59. The Morgan fingerprint density at radius 1 is 1.20 bits per heavy atom. The van der Waals surface area contributed by atoms with E-state index in [1.165, 1.54) is 16.8 Å². The van der Waals surface area contributed by atoms with Gasteiger partial charge in [-0.3, -0.25) is 4.79 Å². The number of hydrogen-bond donors (Lipinski definition) is 2. The second-order valence-electron chi connectivity index (χ2n) is 5.59. The summed E-state index contributed by atoms with van der Waals surface area (Å²) in [5.74, 6) is -0.910. The minimum Gasteiger partial charge on any atom is -0.388 e. The number of aromatic nitrogens is 2. The number of aliphatic hydroxyl groups is 1. The molecular weight excluding hydrogens is 321 g/mol. The normalized spacial score (nSPS) is 11.9. The highest BCUT2D eigenvalue weighted by Gasteiger charge is 2.12. The van der Waals surface area contributed by atoms with Gasteiger partial charge in [0.25, 0.3) is 5.91 Å². The Kier molecular flexibility index (Phi) is 5.20. The van der Waals surface area contributed by atoms with Gasteiger partial charge in [-0.05, 0) is 36.2 Å². The predicted molar refractivity (Wildman–Crippen MR) is 91.9 cm³/mol. The van der Waals surface area contributed by atoms with E-state index in [0.717, 1.165) is 5.56 Å². The molecule has 5 nitrogen and oxygen atoms in total. The van der Waals surface area contributed by atoms with Crippen LogP contribution in [0.3, 0.4) is 0 Å². The fraction of sp³-hybridized carbons (Fsp3) is 0.158. The molecule has 3 aromatic rings. The van der Waals surface area contributed by atoms with Crippen LogP contribution < -0.4 is 5.32 Å². The predicted octanol–water partition coefficient (Wildman–Crippen LogP) is 2.86. The summed E-state index contributed by atoms with van der Waals surface area (Å²) in [4.78, 5) is 12.1. The third-order valence-corrected chi connectivity index (χ3v) is 3.85. The van der Waals surface area contributed by atoms with Crippen LogP contribution in [0.5, 0.6) is 0 Å². The molecule has 1 atom stereocenters. The van der Waals surface area contributed by atoms with Crippen molar-refractivity contribution in [3.63, 3.8) is 0 Å². The van der Waals surface area contributed by atoms with Crippen LogP contribution in [0.15, 0.2) is 67.0 Å². The molecule has 25 heavy (non-hydrogen) atoms. The first-order chi connectivity index (χ1) is 12.1. The lowest BCUT2D eigenvalue weighted by atomic mass is 10.1. The molecule has 0 spiro atoms. The van der Waals surface area contributed by atoms with Crippen molar-refractivity contribution >= 4 is 5.91 Å². The molecule has 0 radical (unpaired) electrons. The fourth-order valence-electron chi connectivity index (χ4n) is 2.51. The summed E-state index contributed by atoms with van der Waals surface area (Å²) in [6.07, 6.45) is 2.91. The molecule has 0 saturated heterocycles. The molecular formula is C19H18FN3O2. The summed E-state index contributed by atoms with van der Waals surface area (Å²) in [5.41, 5.74) is 1.30. The Morgan fingerprint density at radius 2 is 2.00 bits per heavy atom. The van der Waals surface area contributed by atoms with Crippen molar-refractivity contribution in [2.45, 2.75) is 12.5 Å². The number of carbonyl (C=O) groups excluding carboxylic acids is 1. The molecule has 0 aliphatic rings. The Morgan fingerprint density at radius 3 is 2.68 bits per heavy atom. The van der Waals surface area contributed by atoms with Gasteiger partial charge in [0.15, 0.2) is 0 Å². The second kappa shape index (κ2) is 7.72. The fourth-order valence-corrected chi connectivity index (χ4v) is 2.51. The summed E-state index contributed by atoms with van der Waals surface area (Å²) in [7, 11) is 0. The van der Waals surface area contributed by atoms with E-state index in [9.17, 15) is 14.3 Å². The van der Waals surface area contributed by atoms with E-state index in [0.29, 0.717) is 6.42 Å². The first kappa shape index (κ1) is 16.9. The molecule has 6 heteroatoms. The number of nitrogens with one attached hydrogen (secondary N) is 1. The maximum atomic E-state index is 14.2. The number of nitrogens with zero attached hydrogens (tertiary/aromatic N) is 2. The largest absolute Gasteiger partial charge is 0.388 e. The van der Waals surface area contributed by atoms with Crippen LogP contribution in [0.4, 0.5) is 4.39 Å². The van der Waals surface area contributed by atoms with Gasteiger partial charge in [-0.2, -0.15) is 5.10 Å². The molecule has 128 valence electrons. The highest BCUT2D eigenvalue weighted by atomic mass is 19.1. The minimum absolute atomic E-state index is 0.225. The first-order valence-corrected chi connectivity index (χ1v) is 7.96. The lowest BCUT2D eigenvalue weighted by molar-refractivity contribution is 0.0942. The van der Waals surface area contributed by atoms with Crippen molar-refractivity contribution in [3.05, 3.63) is 83.9 Å². The topological polar surface area (TPSA) is 67.2 Å². The van der Waals surface area contributed by atoms with Gasteiger partial charge in [-0.1, -0.05) is 30.3 Å². The van der Waals surface area contributed by atoms with Gasteiger partial charge in [0.1, 0.15) is 11.5 Å². The smallest absolute Gasteiger partial charge is 0.251 e. The van der Waals surface area contributed by atoms with E-state index in [1.54, 1.807) is 24.5 Å². The maximum Gasteiger partial charge on any atom is 0.251 e. The highest BCUT2D eigenvalue weighted by Crippen LogP contribution is 2.16. The maximum absolute atomic E-state index is 14.2. The molecule has 1 unspecified atom stereocenters. The molecule has 0 bridgehead atoms. The zero-order chi connectivity index (χ0) is 17.6. The first-order valence-electron chi connectivity index (χ1n) is 7.96. The Bertz CT molecular complexity index is 835. The average Bonchev–Trinajstić information content (AvgIpc) is 3.16. The molecule has 2 N–H and O–H groups in total. The zero-order valence-electron chi connectivity index (χ0n) is 13.5. The van der Waals surface area contributed by atoms with Gasteiger partial charge < -0.3 is 10.4 Å². The molecule has 1 amide bonds. The molecule has 1 aromatic heterocycles. The van der Waals surface area contributed by atoms with E-state index in [1.807, 2.05) is 30.3 Å². The number of aliphatic hydroxyl groups excluding tert-OH is 1. The van der Waals surface area contributed by atoms with E-state index in [4.69, 9.17) is 0 Å². The van der Waals surface area contributed by atoms with E-state index < -0.39 is 11.9 Å². The van der Waals surface area contributed by atoms with Gasteiger partial charge in [0.2, 0.25) is 0 Å². The molecule has 0 fully saturated rings. The van der Waals surface area contributed by atoms with Crippen LogP contribution in [0, 0.1) is 5.82 Å². The van der Waals surface area contributed by atoms with Gasteiger partial charge in [-0.15, -0.1) is 0 Å². The quantitative estimate of drug-likeness (QED) is 0.726. The third-order valence-electron chi connectivity index (χ3n) is 3.85.